The fourth-order valence-electron chi connectivity index (χ4n) is 2.35. The van der Waals surface area contributed by atoms with Crippen molar-refractivity contribution in [2.75, 3.05) is 13.1 Å². The molecule has 19 heavy (non-hydrogen) atoms. The molecule has 0 radical (unpaired) electrons. The maximum atomic E-state index is 12.3. The van der Waals surface area contributed by atoms with Gasteiger partial charge in [0, 0.05) is 18.6 Å². The van der Waals surface area contributed by atoms with Crippen molar-refractivity contribution in [2.45, 2.75) is 58.9 Å². The Kier molecular flexibility index (Phi) is 4.82. The van der Waals surface area contributed by atoms with Crippen LogP contribution >= 0.6 is 0 Å². The summed E-state index contributed by atoms with van der Waals surface area (Å²) in [4.78, 5) is 25.2. The van der Waals surface area contributed by atoms with Crippen LogP contribution in [0.3, 0.4) is 0 Å². The van der Waals surface area contributed by atoms with Crippen LogP contribution < -0.4 is 5.32 Å². The molecule has 1 atom stereocenters. The summed E-state index contributed by atoms with van der Waals surface area (Å²) in [5, 5.41) is 12.3. The Morgan fingerprint density at radius 1 is 1.37 bits per heavy atom. The van der Waals surface area contributed by atoms with E-state index in [1.165, 1.54) is 0 Å². The molecule has 0 aromatic heterocycles. The van der Waals surface area contributed by atoms with Gasteiger partial charge in [0.05, 0.1) is 5.41 Å². The van der Waals surface area contributed by atoms with Crippen molar-refractivity contribution in [3.63, 3.8) is 0 Å². The fraction of sp³-hybridized carbons (Fsp3) is 0.857. The third-order valence-corrected chi connectivity index (χ3v) is 4.47. The smallest absolute Gasteiger partial charge is 0.317 e. The Bertz CT molecular complexity index is 353. The Morgan fingerprint density at radius 2 is 1.95 bits per heavy atom. The lowest BCUT2D eigenvalue weighted by Crippen LogP contribution is -2.56. The van der Waals surface area contributed by atoms with Crippen molar-refractivity contribution < 1.29 is 14.7 Å². The number of likely N-dealkylation sites (tertiary alicyclic amines) is 1. The SMILES string of the molecule is CCC(C)(CC)NC(=O)N1CCCC(C)(C(=O)O)C1. The summed E-state index contributed by atoms with van der Waals surface area (Å²) in [6.07, 6.45) is 3.09. The molecule has 2 amide bonds. The second kappa shape index (κ2) is 5.80. The van der Waals surface area contributed by atoms with Crippen molar-refractivity contribution in [3.05, 3.63) is 0 Å². The summed E-state index contributed by atoms with van der Waals surface area (Å²) in [5.74, 6) is -0.821. The van der Waals surface area contributed by atoms with Crippen LogP contribution in [0.1, 0.15) is 53.4 Å². The van der Waals surface area contributed by atoms with Gasteiger partial charge in [-0.2, -0.15) is 0 Å². The van der Waals surface area contributed by atoms with Crippen molar-refractivity contribution in [3.8, 4) is 0 Å². The van der Waals surface area contributed by atoms with Gasteiger partial charge < -0.3 is 15.3 Å². The van der Waals surface area contributed by atoms with Crippen LogP contribution in [0.2, 0.25) is 0 Å². The quantitative estimate of drug-likeness (QED) is 0.824. The molecule has 1 heterocycles. The number of nitrogens with zero attached hydrogens (tertiary/aromatic N) is 1. The molecule has 110 valence electrons. The van der Waals surface area contributed by atoms with Gasteiger partial charge in [-0.15, -0.1) is 0 Å². The van der Waals surface area contributed by atoms with E-state index in [0.717, 1.165) is 19.3 Å². The van der Waals surface area contributed by atoms with E-state index in [2.05, 4.69) is 5.32 Å². The number of carbonyl (C=O) groups is 2. The molecule has 1 aliphatic heterocycles. The molecule has 0 spiro atoms. The summed E-state index contributed by atoms with van der Waals surface area (Å²) >= 11 is 0. The van der Waals surface area contributed by atoms with Crippen LogP contribution in [0.5, 0.6) is 0 Å². The van der Waals surface area contributed by atoms with Gasteiger partial charge in [0.15, 0.2) is 0 Å². The first kappa shape index (κ1) is 15.8. The number of piperidine rings is 1. The van der Waals surface area contributed by atoms with Crippen molar-refractivity contribution in [2.24, 2.45) is 5.41 Å². The summed E-state index contributed by atoms with van der Waals surface area (Å²) < 4.78 is 0. The molecule has 0 aromatic carbocycles. The third kappa shape index (κ3) is 3.61. The number of carboxylic acid groups (broad SMARTS) is 1. The van der Waals surface area contributed by atoms with Gasteiger partial charge in [-0.05, 0) is 39.5 Å². The van der Waals surface area contributed by atoms with Crippen LogP contribution in [0, 0.1) is 5.41 Å². The highest BCUT2D eigenvalue weighted by Gasteiger charge is 2.40. The van der Waals surface area contributed by atoms with Crippen molar-refractivity contribution in [1.29, 1.82) is 0 Å². The molecule has 1 aliphatic rings. The summed E-state index contributed by atoms with van der Waals surface area (Å²) in [7, 11) is 0. The second-order valence-electron chi connectivity index (χ2n) is 6.09. The van der Waals surface area contributed by atoms with Crippen LogP contribution in [-0.2, 0) is 4.79 Å². The Morgan fingerprint density at radius 3 is 2.42 bits per heavy atom. The van der Waals surface area contributed by atoms with Crippen molar-refractivity contribution >= 4 is 12.0 Å². The molecule has 1 rings (SSSR count). The molecule has 0 aromatic rings. The Hall–Kier alpha value is -1.26. The lowest BCUT2D eigenvalue weighted by Gasteiger charge is -2.39. The zero-order chi connectivity index (χ0) is 14.7. The monoisotopic (exact) mass is 270 g/mol. The number of amides is 2. The summed E-state index contributed by atoms with van der Waals surface area (Å²) in [5.41, 5.74) is -1.03. The van der Waals surface area contributed by atoms with E-state index in [0.29, 0.717) is 13.0 Å². The second-order valence-corrected chi connectivity index (χ2v) is 6.09. The molecule has 0 aliphatic carbocycles. The number of rotatable bonds is 4. The van der Waals surface area contributed by atoms with Gasteiger partial charge in [-0.3, -0.25) is 4.79 Å². The molecule has 1 unspecified atom stereocenters. The molecule has 1 saturated heterocycles. The van der Waals surface area contributed by atoms with Crippen molar-refractivity contribution in [1.82, 2.24) is 10.2 Å². The highest BCUT2D eigenvalue weighted by Crippen LogP contribution is 2.30. The van der Waals surface area contributed by atoms with Crippen LogP contribution in [-0.4, -0.2) is 40.6 Å². The standard InChI is InChI=1S/C14H26N2O3/c1-5-14(4,6-2)15-12(19)16-9-7-8-13(3,10-16)11(17)18/h5-10H2,1-4H3,(H,15,19)(H,17,18). The first-order chi connectivity index (χ1) is 8.76. The number of hydrogen-bond acceptors (Lipinski definition) is 2. The lowest BCUT2D eigenvalue weighted by molar-refractivity contribution is -0.150. The molecule has 5 heteroatoms. The van der Waals surface area contributed by atoms with Crippen LogP contribution in [0.4, 0.5) is 4.79 Å². The maximum Gasteiger partial charge on any atom is 0.317 e. The Labute approximate surface area is 115 Å². The predicted octanol–water partition coefficient (Wildman–Crippen LogP) is 2.46. The fourth-order valence-corrected chi connectivity index (χ4v) is 2.35. The first-order valence-electron chi connectivity index (χ1n) is 7.07. The van der Waals surface area contributed by atoms with Gasteiger partial charge >= 0.3 is 12.0 Å². The van der Waals surface area contributed by atoms with Crippen LogP contribution in [0.25, 0.3) is 0 Å². The minimum Gasteiger partial charge on any atom is -0.481 e. The van der Waals surface area contributed by atoms with E-state index in [9.17, 15) is 14.7 Å². The predicted molar refractivity (Wildman–Crippen MR) is 74.1 cm³/mol. The molecular weight excluding hydrogens is 244 g/mol. The number of carbonyl (C=O) groups excluding carboxylic acids is 1. The molecule has 0 bridgehead atoms. The van der Waals surface area contributed by atoms with E-state index in [-0.39, 0.29) is 18.1 Å². The average molecular weight is 270 g/mol. The Balaban J connectivity index is 2.70. The normalized spacial score (nSPS) is 24.1. The average Bonchev–Trinajstić information content (AvgIpc) is 2.38. The molecule has 1 fully saturated rings. The molecule has 2 N–H and O–H groups in total. The summed E-state index contributed by atoms with van der Waals surface area (Å²) in [6, 6.07) is -0.140. The number of carboxylic acids is 1. The molecule has 0 saturated carbocycles. The highest BCUT2D eigenvalue weighted by molar-refractivity contribution is 5.78. The van der Waals surface area contributed by atoms with E-state index in [1.807, 2.05) is 20.8 Å². The number of aliphatic carboxylic acids is 1. The van der Waals surface area contributed by atoms with Gasteiger partial charge in [0.25, 0.3) is 0 Å². The topological polar surface area (TPSA) is 69.6 Å². The zero-order valence-corrected chi connectivity index (χ0v) is 12.5. The lowest BCUT2D eigenvalue weighted by atomic mass is 9.82. The van der Waals surface area contributed by atoms with E-state index < -0.39 is 11.4 Å². The van der Waals surface area contributed by atoms with E-state index in [1.54, 1.807) is 11.8 Å². The maximum absolute atomic E-state index is 12.3. The minimum absolute atomic E-state index is 0.140. The first-order valence-corrected chi connectivity index (χ1v) is 7.07. The van der Waals surface area contributed by atoms with Gasteiger partial charge in [-0.1, -0.05) is 13.8 Å². The van der Waals surface area contributed by atoms with E-state index >= 15 is 0 Å². The number of hydrogen-bond donors (Lipinski definition) is 2. The number of nitrogens with one attached hydrogen (secondary N) is 1. The highest BCUT2D eigenvalue weighted by atomic mass is 16.4. The van der Waals surface area contributed by atoms with Crippen LogP contribution in [0.15, 0.2) is 0 Å². The van der Waals surface area contributed by atoms with E-state index in [4.69, 9.17) is 0 Å². The number of urea groups is 1. The van der Waals surface area contributed by atoms with Gasteiger partial charge in [-0.25, -0.2) is 4.79 Å². The molecular formula is C14H26N2O3. The van der Waals surface area contributed by atoms with Gasteiger partial charge in [0.1, 0.15) is 0 Å². The third-order valence-electron chi connectivity index (χ3n) is 4.47. The zero-order valence-electron chi connectivity index (χ0n) is 12.5. The summed E-state index contributed by atoms with van der Waals surface area (Å²) in [6.45, 7) is 8.75. The van der Waals surface area contributed by atoms with Gasteiger partial charge in [0.2, 0.25) is 0 Å². The molecule has 5 nitrogen and oxygen atoms in total. The largest absolute Gasteiger partial charge is 0.481 e. The minimum atomic E-state index is -0.821.